The van der Waals surface area contributed by atoms with Gasteiger partial charge in [-0.25, -0.2) is 9.59 Å². The van der Waals surface area contributed by atoms with Crippen molar-refractivity contribution in [3.63, 3.8) is 0 Å². The number of carboxylic acid groups (broad SMARTS) is 2. The number of aldehydes is 2. The molecule has 8 nitrogen and oxygen atoms in total. The van der Waals surface area contributed by atoms with Gasteiger partial charge in [-0.15, -0.1) is 0 Å². The van der Waals surface area contributed by atoms with Crippen LogP contribution in [0.2, 0.25) is 0 Å². The highest BCUT2D eigenvalue weighted by Gasteiger charge is 2.33. The van der Waals surface area contributed by atoms with E-state index in [9.17, 15) is 19.2 Å². The topological polar surface area (TPSA) is 161 Å². The Kier molecular flexibility index (Phi) is 12.1. The summed E-state index contributed by atoms with van der Waals surface area (Å²) in [5.74, 6) is -1.38. The maximum Gasteiger partial charge on any atom is 0.331 e. The van der Waals surface area contributed by atoms with Crippen LogP contribution >= 0.6 is 23.5 Å². The van der Waals surface area contributed by atoms with Gasteiger partial charge < -0.3 is 31.3 Å². The van der Waals surface area contributed by atoms with E-state index in [0.717, 1.165) is 0 Å². The van der Waals surface area contributed by atoms with Gasteiger partial charge in [0.05, 0.1) is 0 Å². The van der Waals surface area contributed by atoms with Crippen molar-refractivity contribution in [1.82, 2.24) is 0 Å². The molecule has 128 valence electrons. The largest absolute Gasteiger partial charge is 0.480 e. The molecule has 10 heteroatoms. The van der Waals surface area contributed by atoms with Crippen LogP contribution in [-0.4, -0.2) is 69.8 Å². The number of carbonyl (C=O) groups is 4. The molecule has 0 aliphatic carbocycles. The normalized spacial score (nSPS) is 15.5. The van der Waals surface area contributed by atoms with Gasteiger partial charge in [0.25, 0.3) is 0 Å². The van der Waals surface area contributed by atoms with Crippen molar-refractivity contribution in [2.24, 2.45) is 11.5 Å². The Bertz CT molecular complexity index is 360. The van der Waals surface area contributed by atoms with Crippen LogP contribution in [0.3, 0.4) is 0 Å². The molecule has 0 aromatic carbocycles. The molecule has 0 amide bonds. The molecule has 0 bridgehead atoms. The van der Waals surface area contributed by atoms with E-state index in [-0.39, 0.29) is 25.4 Å². The van der Waals surface area contributed by atoms with E-state index < -0.39 is 23.0 Å². The molecular formula is C12H22N2O6S2. The standard InChI is InChI=1S/2C6H11NO3S/c2*1-11-3-2-6(7,4-8)5(9)10/h2*4H,2-3,7H2,1H3,(H,9,10). The number of hydrogen-bond acceptors (Lipinski definition) is 8. The molecule has 0 saturated heterocycles. The molecule has 6 N–H and O–H groups in total. The molecule has 0 aliphatic heterocycles. The zero-order valence-electron chi connectivity index (χ0n) is 12.5. The van der Waals surface area contributed by atoms with Gasteiger partial charge in [0.1, 0.15) is 0 Å². The Morgan fingerprint density at radius 3 is 1.32 bits per heavy atom. The fourth-order valence-electron chi connectivity index (χ4n) is 0.974. The van der Waals surface area contributed by atoms with Crippen LogP contribution < -0.4 is 11.5 Å². The minimum absolute atomic E-state index is 0.174. The summed E-state index contributed by atoms with van der Waals surface area (Å²) in [4.78, 5) is 41.3. The smallest absolute Gasteiger partial charge is 0.331 e. The third-order valence-corrected chi connectivity index (χ3v) is 3.88. The van der Waals surface area contributed by atoms with Crippen molar-refractivity contribution in [2.75, 3.05) is 24.0 Å². The number of carboxylic acids is 2. The molecule has 22 heavy (non-hydrogen) atoms. The van der Waals surface area contributed by atoms with Crippen molar-refractivity contribution < 1.29 is 29.4 Å². The molecule has 0 rings (SSSR count). The zero-order valence-corrected chi connectivity index (χ0v) is 14.1. The van der Waals surface area contributed by atoms with Gasteiger partial charge in [-0.05, 0) is 36.9 Å². The summed E-state index contributed by atoms with van der Waals surface area (Å²) in [7, 11) is 0. The molecule has 0 aromatic rings. The highest BCUT2D eigenvalue weighted by molar-refractivity contribution is 7.98. The summed E-state index contributed by atoms with van der Waals surface area (Å²) in [6.45, 7) is 0. The second kappa shape index (κ2) is 11.5. The first-order chi connectivity index (χ1) is 10.1. The minimum Gasteiger partial charge on any atom is -0.480 e. The number of rotatable bonds is 10. The van der Waals surface area contributed by atoms with E-state index >= 15 is 0 Å². The average molecular weight is 354 g/mol. The first-order valence-corrected chi connectivity index (χ1v) is 8.87. The maximum absolute atomic E-state index is 10.4. The lowest BCUT2D eigenvalue weighted by molar-refractivity contribution is -0.146. The lowest BCUT2D eigenvalue weighted by Gasteiger charge is -2.15. The highest BCUT2D eigenvalue weighted by Crippen LogP contribution is 2.08. The minimum atomic E-state index is -1.69. The van der Waals surface area contributed by atoms with Crippen LogP contribution in [0.15, 0.2) is 0 Å². The molecular weight excluding hydrogens is 332 g/mol. The van der Waals surface area contributed by atoms with Crippen LogP contribution in [-0.2, 0) is 19.2 Å². The zero-order chi connectivity index (χ0) is 17.8. The van der Waals surface area contributed by atoms with Crippen molar-refractivity contribution in [3.05, 3.63) is 0 Å². The predicted octanol–water partition coefficient (Wildman–Crippen LogP) is -0.559. The molecule has 2 unspecified atom stereocenters. The second-order valence-electron chi connectivity index (χ2n) is 4.41. The molecule has 2 atom stereocenters. The van der Waals surface area contributed by atoms with Crippen molar-refractivity contribution >= 4 is 48.0 Å². The first kappa shape index (κ1) is 23.2. The van der Waals surface area contributed by atoms with E-state index in [1.54, 1.807) is 0 Å². The van der Waals surface area contributed by atoms with E-state index in [1.165, 1.54) is 23.5 Å². The fraction of sp³-hybridized carbons (Fsp3) is 0.667. The fourth-order valence-corrected chi connectivity index (χ4v) is 2.06. The highest BCUT2D eigenvalue weighted by atomic mass is 32.2. The monoisotopic (exact) mass is 354 g/mol. The van der Waals surface area contributed by atoms with E-state index in [4.69, 9.17) is 21.7 Å². The molecule has 0 aromatic heterocycles. The lowest BCUT2D eigenvalue weighted by Crippen LogP contribution is -2.50. The van der Waals surface area contributed by atoms with Gasteiger partial charge in [0.2, 0.25) is 0 Å². The van der Waals surface area contributed by atoms with Gasteiger partial charge in [-0.3, -0.25) is 0 Å². The van der Waals surface area contributed by atoms with Gasteiger partial charge in [0.15, 0.2) is 23.7 Å². The van der Waals surface area contributed by atoms with Crippen molar-refractivity contribution in [3.8, 4) is 0 Å². The molecule has 0 radical (unpaired) electrons. The van der Waals surface area contributed by atoms with Crippen LogP contribution in [0.4, 0.5) is 0 Å². The van der Waals surface area contributed by atoms with E-state index in [0.29, 0.717) is 11.5 Å². The Morgan fingerprint density at radius 2 is 1.18 bits per heavy atom. The Balaban J connectivity index is 0. The van der Waals surface area contributed by atoms with E-state index in [1.807, 2.05) is 12.5 Å². The molecule has 0 saturated carbocycles. The van der Waals surface area contributed by atoms with Crippen LogP contribution in [0, 0.1) is 0 Å². The summed E-state index contributed by atoms with van der Waals surface area (Å²) in [5, 5.41) is 17.0. The second-order valence-corrected chi connectivity index (χ2v) is 6.38. The van der Waals surface area contributed by atoms with Crippen molar-refractivity contribution in [1.29, 1.82) is 0 Å². The summed E-state index contributed by atoms with van der Waals surface area (Å²) in [6.07, 6.45) is 4.57. The number of thioether (sulfide) groups is 2. The van der Waals surface area contributed by atoms with Gasteiger partial charge in [0, 0.05) is 0 Å². The number of nitrogens with two attached hydrogens (primary N) is 2. The lowest BCUT2D eigenvalue weighted by atomic mass is 10.0. The van der Waals surface area contributed by atoms with Crippen LogP contribution in [0.5, 0.6) is 0 Å². The Morgan fingerprint density at radius 1 is 0.909 bits per heavy atom. The average Bonchev–Trinajstić information content (AvgIpc) is 2.50. The van der Waals surface area contributed by atoms with Crippen LogP contribution in [0.25, 0.3) is 0 Å². The first-order valence-electron chi connectivity index (χ1n) is 6.08. The third-order valence-electron chi connectivity index (χ3n) is 2.66. The quantitative estimate of drug-likeness (QED) is 0.295. The third kappa shape index (κ3) is 8.37. The molecule has 0 fully saturated rings. The van der Waals surface area contributed by atoms with Gasteiger partial charge >= 0.3 is 11.9 Å². The summed E-state index contributed by atoms with van der Waals surface area (Å²) < 4.78 is 0. The number of aliphatic carboxylic acids is 2. The Labute approximate surface area is 137 Å². The summed E-state index contributed by atoms with van der Waals surface area (Å²) >= 11 is 2.92. The van der Waals surface area contributed by atoms with E-state index in [2.05, 4.69) is 0 Å². The predicted molar refractivity (Wildman–Crippen MR) is 87.2 cm³/mol. The number of hydrogen-bond donors (Lipinski definition) is 4. The van der Waals surface area contributed by atoms with Gasteiger partial charge in [-0.1, -0.05) is 0 Å². The molecule has 0 heterocycles. The maximum atomic E-state index is 10.4. The van der Waals surface area contributed by atoms with Crippen molar-refractivity contribution in [2.45, 2.75) is 23.9 Å². The van der Waals surface area contributed by atoms with Gasteiger partial charge in [-0.2, -0.15) is 23.5 Å². The SMILES string of the molecule is CSCCC(N)(C=O)C(=O)O.CSCCC(N)(C=O)C(=O)O. The van der Waals surface area contributed by atoms with Crippen LogP contribution in [0.1, 0.15) is 12.8 Å². The molecule has 0 spiro atoms. The summed E-state index contributed by atoms with van der Waals surface area (Å²) in [6, 6.07) is 0. The Hall–Kier alpha value is -1.10. The number of carbonyl (C=O) groups excluding carboxylic acids is 2. The molecule has 0 aliphatic rings. The summed E-state index contributed by atoms with van der Waals surface area (Å²) in [5.41, 5.74) is 7.11.